The molecular formula is C23H30N2O3S. The first-order chi connectivity index (χ1) is 14.1. The summed E-state index contributed by atoms with van der Waals surface area (Å²) >= 11 is 1.60. The minimum atomic E-state index is -0.587. The highest BCUT2D eigenvalue weighted by molar-refractivity contribution is 7.99. The van der Waals surface area contributed by atoms with Crippen molar-refractivity contribution < 1.29 is 14.3 Å². The number of hydrogen-bond acceptors (Lipinski definition) is 4. The van der Waals surface area contributed by atoms with Gasteiger partial charge in [0.2, 0.25) is 11.8 Å². The molecule has 2 N–H and O–H groups in total. The number of carbonyl (C=O) groups excluding carboxylic acids is 2. The average molecular weight is 415 g/mol. The number of carbonyl (C=O) groups is 2. The first kappa shape index (κ1) is 22.8. The molecule has 0 radical (unpaired) electrons. The summed E-state index contributed by atoms with van der Waals surface area (Å²) in [6.07, 6.45) is 2.13. The topological polar surface area (TPSA) is 67.4 Å². The molecule has 0 aromatic heterocycles. The van der Waals surface area contributed by atoms with E-state index in [2.05, 4.69) is 17.6 Å². The summed E-state index contributed by atoms with van der Waals surface area (Å²) in [4.78, 5) is 25.3. The van der Waals surface area contributed by atoms with Crippen LogP contribution in [0.5, 0.6) is 5.75 Å². The van der Waals surface area contributed by atoms with Gasteiger partial charge >= 0.3 is 0 Å². The maximum Gasteiger partial charge on any atom is 0.242 e. The molecule has 156 valence electrons. The molecule has 0 aliphatic rings. The fourth-order valence-corrected chi connectivity index (χ4v) is 4.18. The SMILES string of the molecule is CCCC(SCc1ccc(OC)cc1)C(=O)N[C@@H](Cc1ccccc1)C(=O)NC. The number of hydrogen-bond donors (Lipinski definition) is 2. The molecule has 0 aliphatic heterocycles. The second-order valence-corrected chi connectivity index (χ2v) is 7.99. The van der Waals surface area contributed by atoms with Gasteiger partial charge < -0.3 is 15.4 Å². The maximum absolute atomic E-state index is 12.9. The Morgan fingerprint density at radius 3 is 2.28 bits per heavy atom. The molecular weight excluding hydrogens is 384 g/mol. The molecule has 2 atom stereocenters. The lowest BCUT2D eigenvalue weighted by Gasteiger charge is -2.22. The van der Waals surface area contributed by atoms with Crippen molar-refractivity contribution in [2.45, 2.75) is 43.2 Å². The Bertz CT molecular complexity index is 765. The van der Waals surface area contributed by atoms with Gasteiger partial charge in [-0.05, 0) is 29.7 Å². The van der Waals surface area contributed by atoms with Crippen molar-refractivity contribution in [1.82, 2.24) is 10.6 Å². The minimum absolute atomic E-state index is 0.0881. The zero-order valence-corrected chi connectivity index (χ0v) is 18.1. The molecule has 2 aromatic rings. The molecule has 0 aliphatic carbocycles. The van der Waals surface area contributed by atoms with Gasteiger partial charge in [-0.15, -0.1) is 11.8 Å². The Morgan fingerprint density at radius 1 is 1.00 bits per heavy atom. The van der Waals surface area contributed by atoms with Gasteiger partial charge in [0.1, 0.15) is 11.8 Å². The van der Waals surface area contributed by atoms with Crippen LogP contribution in [0.1, 0.15) is 30.9 Å². The highest BCUT2D eigenvalue weighted by atomic mass is 32.2. The van der Waals surface area contributed by atoms with E-state index in [1.807, 2.05) is 54.6 Å². The molecule has 2 amide bonds. The number of ether oxygens (including phenoxy) is 1. The van der Waals surface area contributed by atoms with Crippen molar-refractivity contribution in [2.24, 2.45) is 0 Å². The van der Waals surface area contributed by atoms with E-state index in [0.29, 0.717) is 6.42 Å². The number of nitrogens with one attached hydrogen (secondary N) is 2. The fourth-order valence-electron chi connectivity index (χ4n) is 2.97. The summed E-state index contributed by atoms with van der Waals surface area (Å²) in [5.74, 6) is 1.27. The van der Waals surface area contributed by atoms with Crippen LogP contribution in [0.15, 0.2) is 54.6 Å². The Morgan fingerprint density at radius 2 is 1.69 bits per heavy atom. The smallest absolute Gasteiger partial charge is 0.242 e. The second-order valence-electron chi connectivity index (χ2n) is 6.80. The molecule has 2 aromatic carbocycles. The molecule has 0 fully saturated rings. The van der Waals surface area contributed by atoms with E-state index >= 15 is 0 Å². The van der Waals surface area contributed by atoms with Crippen LogP contribution in [0, 0.1) is 0 Å². The first-order valence-corrected chi connectivity index (χ1v) is 10.9. The summed E-state index contributed by atoms with van der Waals surface area (Å²) in [5, 5.41) is 5.42. The number of benzene rings is 2. The molecule has 0 spiro atoms. The standard InChI is InChI=1S/C23H30N2O3S/c1-4-8-21(29-16-18-11-13-19(28-3)14-12-18)23(27)25-20(22(26)24-2)15-17-9-6-5-7-10-17/h5-7,9-14,20-21H,4,8,15-16H2,1-3H3,(H,24,26)(H,25,27)/t20-,21?/m0/s1. The Balaban J connectivity index is 2.01. The van der Waals surface area contributed by atoms with Crippen molar-refractivity contribution in [3.05, 3.63) is 65.7 Å². The zero-order valence-electron chi connectivity index (χ0n) is 17.3. The summed E-state index contributed by atoms with van der Waals surface area (Å²) in [6, 6.07) is 17.0. The third-order valence-corrected chi connectivity index (χ3v) is 5.97. The van der Waals surface area contributed by atoms with Crippen molar-refractivity contribution in [3.8, 4) is 5.75 Å². The highest BCUT2D eigenvalue weighted by Gasteiger charge is 2.25. The third kappa shape index (κ3) is 7.46. The summed E-state index contributed by atoms with van der Waals surface area (Å²) in [7, 11) is 3.23. The molecule has 0 saturated carbocycles. The lowest BCUT2D eigenvalue weighted by molar-refractivity contribution is -0.128. The predicted molar refractivity (Wildman–Crippen MR) is 119 cm³/mol. The van der Waals surface area contributed by atoms with Gasteiger partial charge in [-0.1, -0.05) is 55.8 Å². The molecule has 5 nitrogen and oxygen atoms in total. The number of rotatable bonds is 11. The fraction of sp³-hybridized carbons (Fsp3) is 0.391. The van der Waals surface area contributed by atoms with Crippen LogP contribution >= 0.6 is 11.8 Å². The van der Waals surface area contributed by atoms with E-state index in [1.54, 1.807) is 25.9 Å². The van der Waals surface area contributed by atoms with E-state index in [0.717, 1.165) is 35.5 Å². The lowest BCUT2D eigenvalue weighted by Crippen LogP contribution is -2.49. The molecule has 0 bridgehead atoms. The maximum atomic E-state index is 12.9. The summed E-state index contributed by atoms with van der Waals surface area (Å²) in [5.41, 5.74) is 2.15. The van der Waals surface area contributed by atoms with Crippen LogP contribution in [0.4, 0.5) is 0 Å². The minimum Gasteiger partial charge on any atom is -0.497 e. The number of thioether (sulfide) groups is 1. The van der Waals surface area contributed by atoms with Crippen LogP contribution < -0.4 is 15.4 Å². The van der Waals surface area contributed by atoms with Crippen LogP contribution in [0.3, 0.4) is 0 Å². The van der Waals surface area contributed by atoms with E-state index in [9.17, 15) is 9.59 Å². The Kier molecular flexibility index (Phi) is 9.57. The van der Waals surface area contributed by atoms with Gasteiger partial charge in [0, 0.05) is 19.2 Å². The second kappa shape index (κ2) is 12.2. The number of likely N-dealkylation sites (N-methyl/N-ethyl adjacent to an activating group) is 1. The van der Waals surface area contributed by atoms with Crippen LogP contribution in [-0.4, -0.2) is 37.3 Å². The lowest BCUT2D eigenvalue weighted by atomic mass is 10.0. The van der Waals surface area contributed by atoms with Crippen molar-refractivity contribution in [2.75, 3.05) is 14.2 Å². The van der Waals surface area contributed by atoms with Gasteiger partial charge in [0.05, 0.1) is 12.4 Å². The van der Waals surface area contributed by atoms with Crippen LogP contribution in [0.2, 0.25) is 0 Å². The Labute approximate surface area is 177 Å². The van der Waals surface area contributed by atoms with Crippen molar-refractivity contribution >= 4 is 23.6 Å². The molecule has 6 heteroatoms. The third-order valence-electron chi connectivity index (χ3n) is 4.62. The van der Waals surface area contributed by atoms with Gasteiger partial charge in [-0.25, -0.2) is 0 Å². The zero-order chi connectivity index (χ0) is 21.1. The highest BCUT2D eigenvalue weighted by Crippen LogP contribution is 2.23. The molecule has 0 heterocycles. The molecule has 2 rings (SSSR count). The number of amides is 2. The average Bonchev–Trinajstić information content (AvgIpc) is 2.76. The number of methoxy groups -OCH3 is 1. The summed E-state index contributed by atoms with van der Waals surface area (Å²) in [6.45, 7) is 2.06. The van der Waals surface area contributed by atoms with Gasteiger partial charge in [0.15, 0.2) is 0 Å². The predicted octanol–water partition coefficient (Wildman–Crippen LogP) is 3.57. The Hall–Kier alpha value is -2.47. The first-order valence-electron chi connectivity index (χ1n) is 9.87. The molecule has 1 unspecified atom stereocenters. The molecule has 29 heavy (non-hydrogen) atoms. The normalized spacial score (nSPS) is 12.7. The van der Waals surface area contributed by atoms with Crippen LogP contribution in [-0.2, 0) is 21.8 Å². The monoisotopic (exact) mass is 414 g/mol. The quantitative estimate of drug-likeness (QED) is 0.590. The van der Waals surface area contributed by atoms with Gasteiger partial charge in [0.25, 0.3) is 0 Å². The van der Waals surface area contributed by atoms with E-state index in [-0.39, 0.29) is 17.1 Å². The van der Waals surface area contributed by atoms with Gasteiger partial charge in [-0.3, -0.25) is 9.59 Å². The largest absolute Gasteiger partial charge is 0.497 e. The van der Waals surface area contributed by atoms with Crippen LogP contribution in [0.25, 0.3) is 0 Å². The van der Waals surface area contributed by atoms with Gasteiger partial charge in [-0.2, -0.15) is 0 Å². The molecule has 0 saturated heterocycles. The van der Waals surface area contributed by atoms with E-state index < -0.39 is 6.04 Å². The van der Waals surface area contributed by atoms with Crippen molar-refractivity contribution in [3.63, 3.8) is 0 Å². The summed E-state index contributed by atoms with van der Waals surface area (Å²) < 4.78 is 5.19. The van der Waals surface area contributed by atoms with E-state index in [4.69, 9.17) is 4.74 Å². The van der Waals surface area contributed by atoms with E-state index in [1.165, 1.54) is 0 Å². The van der Waals surface area contributed by atoms with Crippen molar-refractivity contribution in [1.29, 1.82) is 0 Å².